The van der Waals surface area contributed by atoms with Crippen molar-refractivity contribution < 1.29 is 27.5 Å². The number of carbonyl (C=O) groups excluding carboxylic acids is 2. The van der Waals surface area contributed by atoms with Crippen LogP contribution in [0.1, 0.15) is 22.8 Å². The van der Waals surface area contributed by atoms with Crippen LogP contribution in [0.2, 0.25) is 0 Å². The predicted molar refractivity (Wildman–Crippen MR) is 103 cm³/mol. The largest absolute Gasteiger partial charge is 0.476 e. The number of carbonyl (C=O) groups is 2. The molecule has 0 aliphatic heterocycles. The fraction of sp³-hybridized carbons (Fsp3) is 0.200. The third kappa shape index (κ3) is 5.43. The summed E-state index contributed by atoms with van der Waals surface area (Å²) in [5.41, 5.74) is -0.0594. The molecule has 3 aromatic rings. The van der Waals surface area contributed by atoms with Crippen LogP contribution in [-0.2, 0) is 11.0 Å². The minimum Gasteiger partial charge on any atom is -0.476 e. The average molecular weight is 418 g/mol. The molecule has 0 fully saturated rings. The van der Waals surface area contributed by atoms with Crippen molar-refractivity contribution in [1.29, 1.82) is 0 Å². The van der Waals surface area contributed by atoms with Gasteiger partial charge in [-0.3, -0.25) is 9.59 Å². The highest BCUT2D eigenvalue weighted by Gasteiger charge is 2.30. The molecule has 0 atom stereocenters. The van der Waals surface area contributed by atoms with Gasteiger partial charge in [-0.05, 0) is 36.4 Å². The number of benzene rings is 1. The summed E-state index contributed by atoms with van der Waals surface area (Å²) >= 11 is 0. The fourth-order valence-electron chi connectivity index (χ4n) is 2.61. The maximum atomic E-state index is 12.8. The quantitative estimate of drug-likeness (QED) is 0.599. The first-order valence-corrected chi connectivity index (χ1v) is 8.85. The Morgan fingerprint density at radius 2 is 1.90 bits per heavy atom. The lowest BCUT2D eigenvalue weighted by molar-refractivity contribution is -0.137. The summed E-state index contributed by atoms with van der Waals surface area (Å²) < 4.78 is 43.8. The molecule has 0 saturated carbocycles. The molecule has 2 amide bonds. The number of rotatable bonds is 6. The van der Waals surface area contributed by atoms with E-state index in [4.69, 9.17) is 4.74 Å². The Labute approximate surface area is 169 Å². The Balaban J connectivity index is 1.54. The lowest BCUT2D eigenvalue weighted by Gasteiger charge is -2.10. The lowest BCUT2D eigenvalue weighted by Crippen LogP contribution is -2.28. The van der Waals surface area contributed by atoms with Gasteiger partial charge >= 0.3 is 6.18 Å². The number of pyridine rings is 2. The maximum absolute atomic E-state index is 12.8. The molecular formula is C20H17F3N4O3. The molecule has 0 bridgehead atoms. The van der Waals surface area contributed by atoms with Gasteiger partial charge in [0.2, 0.25) is 11.8 Å². The van der Waals surface area contributed by atoms with Crippen molar-refractivity contribution in [3.8, 4) is 5.88 Å². The minimum absolute atomic E-state index is 0.106. The highest BCUT2D eigenvalue weighted by molar-refractivity contribution is 5.96. The van der Waals surface area contributed by atoms with Crippen molar-refractivity contribution in [3.05, 3.63) is 59.8 Å². The lowest BCUT2D eigenvalue weighted by atomic mass is 10.1. The second-order valence-corrected chi connectivity index (χ2v) is 6.27. The summed E-state index contributed by atoms with van der Waals surface area (Å²) in [5.74, 6) is -0.182. The molecule has 0 unspecified atom stereocenters. The van der Waals surface area contributed by atoms with Crippen molar-refractivity contribution in [2.75, 3.05) is 18.5 Å². The molecule has 2 N–H and O–H groups in total. The van der Waals surface area contributed by atoms with E-state index < -0.39 is 11.7 Å². The van der Waals surface area contributed by atoms with Crippen molar-refractivity contribution >= 4 is 28.5 Å². The number of aromatic nitrogens is 2. The molecular weight excluding hydrogens is 401 g/mol. The second kappa shape index (κ2) is 8.76. The van der Waals surface area contributed by atoms with E-state index in [1.165, 1.54) is 43.5 Å². The molecule has 0 spiro atoms. The van der Waals surface area contributed by atoms with Gasteiger partial charge < -0.3 is 15.4 Å². The normalized spacial score (nSPS) is 11.2. The molecule has 30 heavy (non-hydrogen) atoms. The first kappa shape index (κ1) is 21.0. The van der Waals surface area contributed by atoms with E-state index in [0.717, 1.165) is 12.1 Å². The monoisotopic (exact) mass is 418 g/mol. The molecule has 1 aromatic carbocycles. The smallest absolute Gasteiger partial charge is 0.416 e. The number of amides is 2. The van der Waals surface area contributed by atoms with Crippen LogP contribution < -0.4 is 15.4 Å². The molecule has 0 aliphatic carbocycles. The first-order chi connectivity index (χ1) is 14.2. The van der Waals surface area contributed by atoms with Gasteiger partial charge in [0.05, 0.1) is 17.6 Å². The molecule has 10 heteroatoms. The van der Waals surface area contributed by atoms with Crippen LogP contribution in [0.3, 0.4) is 0 Å². The summed E-state index contributed by atoms with van der Waals surface area (Å²) in [5, 5.41) is 5.49. The van der Waals surface area contributed by atoms with Gasteiger partial charge in [0.25, 0.3) is 5.91 Å². The Bertz CT molecular complexity index is 1090. The van der Waals surface area contributed by atoms with E-state index >= 15 is 0 Å². The van der Waals surface area contributed by atoms with Gasteiger partial charge in [0, 0.05) is 30.1 Å². The number of halogens is 3. The summed E-state index contributed by atoms with van der Waals surface area (Å²) in [4.78, 5) is 31.3. The van der Waals surface area contributed by atoms with Crippen LogP contribution in [-0.4, -0.2) is 34.9 Å². The van der Waals surface area contributed by atoms with Gasteiger partial charge in [-0.15, -0.1) is 0 Å². The van der Waals surface area contributed by atoms with E-state index in [2.05, 4.69) is 20.6 Å². The van der Waals surface area contributed by atoms with Crippen molar-refractivity contribution in [2.24, 2.45) is 0 Å². The highest BCUT2D eigenvalue weighted by Crippen LogP contribution is 2.31. The maximum Gasteiger partial charge on any atom is 0.416 e. The van der Waals surface area contributed by atoms with E-state index in [0.29, 0.717) is 16.5 Å². The van der Waals surface area contributed by atoms with E-state index in [9.17, 15) is 22.8 Å². The Kier molecular flexibility index (Phi) is 6.14. The number of hydrogen-bond acceptors (Lipinski definition) is 5. The van der Waals surface area contributed by atoms with Gasteiger partial charge in [-0.2, -0.15) is 13.2 Å². The summed E-state index contributed by atoms with van der Waals surface area (Å²) in [6.07, 6.45) is -3.01. The van der Waals surface area contributed by atoms with Crippen LogP contribution >= 0.6 is 0 Å². The molecule has 2 aromatic heterocycles. The number of alkyl halides is 3. The molecule has 3 rings (SSSR count). The highest BCUT2D eigenvalue weighted by atomic mass is 19.4. The SMILES string of the molecule is CC(=O)Nc1cc(C(=O)NCCOc2ccc3cc(C(F)(F)F)ccc3n2)ccn1. The molecule has 7 nitrogen and oxygen atoms in total. The Hall–Kier alpha value is -3.69. The average Bonchev–Trinajstić information content (AvgIpc) is 2.69. The van der Waals surface area contributed by atoms with Crippen LogP contribution in [0.4, 0.5) is 19.0 Å². The third-order valence-corrected chi connectivity index (χ3v) is 3.95. The summed E-state index contributed by atoms with van der Waals surface area (Å²) in [7, 11) is 0. The van der Waals surface area contributed by atoms with Crippen molar-refractivity contribution in [3.63, 3.8) is 0 Å². The van der Waals surface area contributed by atoms with Crippen LogP contribution in [0, 0.1) is 0 Å². The Morgan fingerprint density at radius 3 is 2.63 bits per heavy atom. The summed E-state index contributed by atoms with van der Waals surface area (Å²) in [6.45, 7) is 1.61. The topological polar surface area (TPSA) is 93.2 Å². The van der Waals surface area contributed by atoms with Gasteiger partial charge in [0.1, 0.15) is 12.4 Å². The van der Waals surface area contributed by atoms with Gasteiger partial charge in [-0.25, -0.2) is 9.97 Å². The third-order valence-electron chi connectivity index (χ3n) is 3.95. The van der Waals surface area contributed by atoms with E-state index in [-0.39, 0.29) is 36.7 Å². The number of ether oxygens (including phenoxy) is 1. The van der Waals surface area contributed by atoms with E-state index in [1.54, 1.807) is 0 Å². The molecule has 0 radical (unpaired) electrons. The number of nitrogens with one attached hydrogen (secondary N) is 2. The van der Waals surface area contributed by atoms with Gasteiger partial charge in [0.15, 0.2) is 0 Å². The molecule has 0 saturated heterocycles. The zero-order chi connectivity index (χ0) is 21.7. The van der Waals surface area contributed by atoms with Crippen LogP contribution in [0.15, 0.2) is 48.7 Å². The van der Waals surface area contributed by atoms with Crippen LogP contribution in [0.5, 0.6) is 5.88 Å². The molecule has 0 aliphatic rings. The van der Waals surface area contributed by atoms with Crippen LogP contribution in [0.25, 0.3) is 10.9 Å². The zero-order valence-electron chi connectivity index (χ0n) is 15.8. The van der Waals surface area contributed by atoms with Crippen molar-refractivity contribution in [1.82, 2.24) is 15.3 Å². The number of nitrogens with zero attached hydrogens (tertiary/aromatic N) is 2. The fourth-order valence-corrected chi connectivity index (χ4v) is 2.61. The number of fused-ring (bicyclic) bond motifs is 1. The molecule has 2 heterocycles. The van der Waals surface area contributed by atoms with Crippen molar-refractivity contribution in [2.45, 2.75) is 13.1 Å². The first-order valence-electron chi connectivity index (χ1n) is 8.85. The molecule has 156 valence electrons. The second-order valence-electron chi connectivity index (χ2n) is 6.27. The Morgan fingerprint density at radius 1 is 1.10 bits per heavy atom. The number of anilines is 1. The van der Waals surface area contributed by atoms with Gasteiger partial charge in [-0.1, -0.05) is 0 Å². The zero-order valence-corrected chi connectivity index (χ0v) is 15.8. The predicted octanol–water partition coefficient (Wildman–Crippen LogP) is 3.42. The van der Waals surface area contributed by atoms with E-state index in [1.807, 2.05) is 0 Å². The minimum atomic E-state index is -4.42. The summed E-state index contributed by atoms with van der Waals surface area (Å²) in [6, 6.07) is 9.17. The standard InChI is InChI=1S/C20H17F3N4O3/c1-12(28)26-17-11-14(6-7-24-17)19(29)25-8-9-30-18-5-2-13-10-15(20(21,22)23)3-4-16(13)27-18/h2-7,10-11H,8-9H2,1H3,(H,25,29)(H,24,26,28). The number of hydrogen-bond donors (Lipinski definition) is 2.